The van der Waals surface area contributed by atoms with Crippen LogP contribution in [0.4, 0.5) is 0 Å². The van der Waals surface area contributed by atoms with Gasteiger partial charge in [0.25, 0.3) is 0 Å². The fourth-order valence-electron chi connectivity index (χ4n) is 9.22. The fourth-order valence-corrected chi connectivity index (χ4v) is 11.4. The van der Waals surface area contributed by atoms with Crippen molar-refractivity contribution in [2.24, 2.45) is 0 Å². The smallest absolute Gasteiger partial charge is 0.164 e. The molecule has 4 aromatic heterocycles. The molecule has 4 nitrogen and oxygen atoms in total. The van der Waals surface area contributed by atoms with Gasteiger partial charge in [-0.15, -0.1) is 22.7 Å². The number of rotatable bonds is 5. The van der Waals surface area contributed by atoms with E-state index in [1.54, 1.807) is 0 Å². The van der Waals surface area contributed by atoms with Gasteiger partial charge < -0.3 is 4.57 Å². The quantitative estimate of drug-likeness (QED) is 0.174. The van der Waals surface area contributed by atoms with E-state index in [-0.39, 0.29) is 0 Å². The van der Waals surface area contributed by atoms with Crippen LogP contribution >= 0.6 is 22.7 Å². The Balaban J connectivity index is 1.10. The van der Waals surface area contributed by atoms with Crippen LogP contribution in [-0.4, -0.2) is 19.5 Å². The van der Waals surface area contributed by atoms with Crippen LogP contribution in [0.5, 0.6) is 0 Å². The molecule has 61 heavy (non-hydrogen) atoms. The Kier molecular flexibility index (Phi) is 7.61. The normalized spacial score (nSPS) is 11.9. The Labute approximate surface area is 358 Å². The summed E-state index contributed by atoms with van der Waals surface area (Å²) in [5.41, 5.74) is 8.53. The molecule has 0 saturated carbocycles. The molecule has 6 heteroatoms. The molecule has 0 fully saturated rings. The van der Waals surface area contributed by atoms with Crippen LogP contribution in [0.25, 0.3) is 124 Å². The Morgan fingerprint density at radius 3 is 1.74 bits per heavy atom. The van der Waals surface area contributed by atoms with Gasteiger partial charge >= 0.3 is 0 Å². The first-order valence-electron chi connectivity index (χ1n) is 20.4. The van der Waals surface area contributed by atoms with Crippen LogP contribution in [-0.2, 0) is 0 Å². The molecule has 0 N–H and O–H groups in total. The van der Waals surface area contributed by atoms with E-state index in [2.05, 4.69) is 180 Å². The second kappa shape index (κ2) is 13.5. The molecule has 0 atom stereocenters. The summed E-state index contributed by atoms with van der Waals surface area (Å²) in [6.07, 6.45) is 0. The van der Waals surface area contributed by atoms with Crippen molar-refractivity contribution in [1.29, 1.82) is 0 Å². The van der Waals surface area contributed by atoms with Crippen molar-refractivity contribution in [3.63, 3.8) is 0 Å². The topological polar surface area (TPSA) is 43.6 Å². The molecule has 0 aliphatic heterocycles. The molecule has 0 spiro atoms. The first kappa shape index (κ1) is 34.4. The zero-order valence-electron chi connectivity index (χ0n) is 32.6. The average molecular weight is 813 g/mol. The number of hydrogen-bond acceptors (Lipinski definition) is 5. The maximum atomic E-state index is 5.31. The molecule has 0 unspecified atom stereocenters. The number of benzene rings is 9. The molecule has 13 rings (SSSR count). The van der Waals surface area contributed by atoms with Crippen LogP contribution in [0.1, 0.15) is 0 Å². The third-order valence-corrected chi connectivity index (χ3v) is 14.3. The van der Waals surface area contributed by atoms with Crippen molar-refractivity contribution in [2.75, 3.05) is 0 Å². The van der Waals surface area contributed by atoms with Crippen LogP contribution in [0, 0.1) is 0 Å². The predicted molar refractivity (Wildman–Crippen MR) is 259 cm³/mol. The maximum Gasteiger partial charge on any atom is 0.164 e. The van der Waals surface area contributed by atoms with Gasteiger partial charge in [-0.2, -0.15) is 0 Å². The second-order valence-electron chi connectivity index (χ2n) is 15.6. The zero-order valence-corrected chi connectivity index (χ0v) is 34.2. The van der Waals surface area contributed by atoms with Gasteiger partial charge in [-0.25, -0.2) is 15.0 Å². The molecular formula is C55H32N4S2. The molecule has 0 amide bonds. The SMILES string of the molecule is c1ccc(-c2nc(-c3ccc(-n4c5ccccc5c5cc6ccccc6cc54)c(-c4cccc5sc6ccccc6c45)c3)nc(-c3ccc4sc5ccccc5c4c3)n2)cc1. The van der Waals surface area contributed by atoms with Gasteiger partial charge in [-0.05, 0) is 89.1 Å². The van der Waals surface area contributed by atoms with E-state index in [4.69, 9.17) is 15.0 Å². The molecule has 0 bridgehead atoms. The Hall–Kier alpha value is -7.51. The summed E-state index contributed by atoms with van der Waals surface area (Å²) < 4.78 is 7.51. The van der Waals surface area contributed by atoms with E-state index in [1.807, 2.05) is 40.9 Å². The summed E-state index contributed by atoms with van der Waals surface area (Å²) in [4.78, 5) is 15.7. The minimum Gasteiger partial charge on any atom is -0.309 e. The van der Waals surface area contributed by atoms with Crippen molar-refractivity contribution in [2.45, 2.75) is 0 Å². The Morgan fingerprint density at radius 2 is 0.918 bits per heavy atom. The maximum absolute atomic E-state index is 5.31. The molecule has 0 aliphatic carbocycles. The highest BCUT2D eigenvalue weighted by atomic mass is 32.1. The van der Waals surface area contributed by atoms with Gasteiger partial charge in [-0.3, -0.25) is 0 Å². The zero-order chi connectivity index (χ0) is 40.0. The minimum absolute atomic E-state index is 0.627. The Bertz CT molecular complexity index is 3900. The van der Waals surface area contributed by atoms with E-state index in [0.29, 0.717) is 17.5 Å². The van der Waals surface area contributed by atoms with Crippen LogP contribution in [0.3, 0.4) is 0 Å². The van der Waals surface area contributed by atoms with Gasteiger partial charge in [-0.1, -0.05) is 121 Å². The molecule has 0 radical (unpaired) electrons. The van der Waals surface area contributed by atoms with E-state index in [1.165, 1.54) is 73.0 Å². The molecule has 13 aromatic rings. The van der Waals surface area contributed by atoms with Crippen LogP contribution in [0.15, 0.2) is 194 Å². The van der Waals surface area contributed by atoms with Crippen molar-refractivity contribution in [3.8, 4) is 51.0 Å². The number of fused-ring (bicyclic) bond motifs is 10. The summed E-state index contributed by atoms with van der Waals surface area (Å²) in [5.74, 6) is 1.91. The lowest BCUT2D eigenvalue weighted by Gasteiger charge is -2.17. The highest BCUT2D eigenvalue weighted by Crippen LogP contribution is 2.45. The summed E-state index contributed by atoms with van der Waals surface area (Å²) in [7, 11) is 0. The molecule has 0 saturated heterocycles. The predicted octanol–water partition coefficient (Wildman–Crippen LogP) is 15.5. The fraction of sp³-hybridized carbons (Fsp3) is 0. The average Bonchev–Trinajstić information content (AvgIpc) is 4.00. The van der Waals surface area contributed by atoms with E-state index in [0.717, 1.165) is 33.5 Å². The van der Waals surface area contributed by atoms with Gasteiger partial charge in [0.15, 0.2) is 17.5 Å². The summed E-state index contributed by atoms with van der Waals surface area (Å²) in [5, 5.41) is 9.87. The Morgan fingerprint density at radius 1 is 0.328 bits per heavy atom. The van der Waals surface area contributed by atoms with E-state index in [9.17, 15) is 0 Å². The number of aromatic nitrogens is 4. The highest BCUT2D eigenvalue weighted by Gasteiger charge is 2.22. The van der Waals surface area contributed by atoms with Gasteiger partial charge in [0.2, 0.25) is 0 Å². The number of nitrogens with zero attached hydrogens (tertiary/aromatic N) is 4. The summed E-state index contributed by atoms with van der Waals surface area (Å²) in [6, 6.07) is 69.8. The lowest BCUT2D eigenvalue weighted by atomic mass is 9.95. The van der Waals surface area contributed by atoms with Gasteiger partial charge in [0.05, 0.1) is 16.7 Å². The highest BCUT2D eigenvalue weighted by molar-refractivity contribution is 7.26. The van der Waals surface area contributed by atoms with Crippen molar-refractivity contribution in [1.82, 2.24) is 19.5 Å². The number of hydrogen-bond donors (Lipinski definition) is 0. The largest absolute Gasteiger partial charge is 0.309 e. The first-order valence-corrected chi connectivity index (χ1v) is 22.1. The monoisotopic (exact) mass is 812 g/mol. The second-order valence-corrected chi connectivity index (χ2v) is 17.7. The van der Waals surface area contributed by atoms with Crippen molar-refractivity contribution in [3.05, 3.63) is 194 Å². The first-order chi connectivity index (χ1) is 30.2. The van der Waals surface area contributed by atoms with E-state index < -0.39 is 0 Å². The standard InChI is InChI=1S/C55H32N4S2/c1-2-13-33(14-3-1)53-56-54(58-55(57-53)37-26-28-50-44(31-37)39-18-7-10-22-48(39)60-50)36-25-27-46(43(30-36)40-20-12-24-51-52(40)41-19-8-11-23-49(41)61-51)59-45-21-9-6-17-38(45)42-29-34-15-4-5-16-35(34)32-47(42)59/h1-32H. The van der Waals surface area contributed by atoms with Crippen LogP contribution < -0.4 is 0 Å². The molecule has 284 valence electrons. The van der Waals surface area contributed by atoms with Gasteiger partial charge in [0, 0.05) is 73.4 Å². The molecule has 4 heterocycles. The molecule has 0 aliphatic rings. The van der Waals surface area contributed by atoms with Crippen molar-refractivity contribution >= 4 is 95.6 Å². The van der Waals surface area contributed by atoms with E-state index >= 15 is 0 Å². The minimum atomic E-state index is 0.627. The third-order valence-electron chi connectivity index (χ3n) is 12.0. The lowest BCUT2D eigenvalue weighted by molar-refractivity contribution is 1.07. The summed E-state index contributed by atoms with van der Waals surface area (Å²) >= 11 is 3.66. The van der Waals surface area contributed by atoms with Crippen molar-refractivity contribution < 1.29 is 0 Å². The number of thiophene rings is 2. The molecule has 9 aromatic carbocycles. The lowest BCUT2D eigenvalue weighted by Crippen LogP contribution is -2.02. The molecular weight excluding hydrogens is 781 g/mol. The van der Waals surface area contributed by atoms with Crippen LogP contribution in [0.2, 0.25) is 0 Å². The number of para-hydroxylation sites is 1. The van der Waals surface area contributed by atoms with Gasteiger partial charge in [0.1, 0.15) is 0 Å². The third kappa shape index (κ3) is 5.46. The summed E-state index contributed by atoms with van der Waals surface area (Å²) in [6.45, 7) is 0.